The predicted molar refractivity (Wildman–Crippen MR) is 143 cm³/mol. The van der Waals surface area contributed by atoms with Crippen LogP contribution in [-0.4, -0.2) is 89.1 Å². The molecule has 0 aromatic carbocycles. The Morgan fingerprint density at radius 2 is 1.31 bits per heavy atom. The van der Waals surface area contributed by atoms with Crippen LogP contribution in [0.4, 0.5) is 0 Å². The largest absolute Gasteiger partial charge is 0.480 e. The van der Waals surface area contributed by atoms with Crippen molar-refractivity contribution < 1.29 is 39.0 Å². The van der Waals surface area contributed by atoms with Gasteiger partial charge in [-0.2, -0.15) is 0 Å². The molecule has 0 heterocycles. The lowest BCUT2D eigenvalue weighted by Gasteiger charge is -2.29. The summed E-state index contributed by atoms with van der Waals surface area (Å²) in [6.45, 7) is 10.9. The van der Waals surface area contributed by atoms with E-state index in [4.69, 9.17) is 15.9 Å². The first-order valence-electron chi connectivity index (χ1n) is 13.1. The Morgan fingerprint density at radius 3 is 1.77 bits per heavy atom. The van der Waals surface area contributed by atoms with E-state index < -0.39 is 78.9 Å². The number of amides is 5. The number of hydrogen-bond donors (Lipinski definition) is 8. The highest BCUT2D eigenvalue weighted by Gasteiger charge is 2.33. The molecule has 6 atom stereocenters. The predicted octanol–water partition coefficient (Wildman–Crippen LogP) is -1.79. The van der Waals surface area contributed by atoms with E-state index in [9.17, 15) is 28.8 Å². The molecule has 5 amide bonds. The Labute approximate surface area is 229 Å². The lowest BCUT2D eigenvalue weighted by molar-refractivity contribution is -0.142. The van der Waals surface area contributed by atoms with Crippen LogP contribution in [0.3, 0.4) is 0 Å². The number of hydrogen-bond acceptors (Lipinski definition) is 8. The van der Waals surface area contributed by atoms with Gasteiger partial charge in [-0.15, -0.1) is 0 Å². The third-order valence-corrected chi connectivity index (χ3v) is 6.09. The van der Waals surface area contributed by atoms with Crippen molar-refractivity contribution in [1.82, 2.24) is 26.6 Å². The summed E-state index contributed by atoms with van der Waals surface area (Å²) in [5.74, 6) is -5.13. The van der Waals surface area contributed by atoms with Gasteiger partial charge in [0.15, 0.2) is 0 Å². The van der Waals surface area contributed by atoms with Crippen LogP contribution in [0.1, 0.15) is 61.3 Å². The van der Waals surface area contributed by atoms with E-state index in [0.717, 1.165) is 0 Å². The van der Waals surface area contributed by atoms with Gasteiger partial charge in [0.05, 0.1) is 19.2 Å². The molecular formula is C25H46N6O8. The van der Waals surface area contributed by atoms with Gasteiger partial charge in [-0.1, -0.05) is 48.0 Å². The summed E-state index contributed by atoms with van der Waals surface area (Å²) in [4.78, 5) is 73.8. The van der Waals surface area contributed by atoms with Crippen LogP contribution in [0.25, 0.3) is 0 Å². The Morgan fingerprint density at radius 1 is 0.769 bits per heavy atom. The van der Waals surface area contributed by atoms with Gasteiger partial charge in [0.2, 0.25) is 29.5 Å². The molecule has 0 aliphatic carbocycles. The number of aliphatic hydroxyl groups excluding tert-OH is 1. The number of aliphatic hydroxyl groups is 1. The zero-order valence-corrected chi connectivity index (χ0v) is 23.9. The Kier molecular flexibility index (Phi) is 15.9. The van der Waals surface area contributed by atoms with Crippen molar-refractivity contribution in [2.45, 2.75) is 91.5 Å². The molecule has 14 heteroatoms. The number of aliphatic carboxylic acids is 1. The minimum atomic E-state index is -1.52. The maximum absolute atomic E-state index is 13.2. The second-order valence-corrected chi connectivity index (χ2v) is 10.4. The van der Waals surface area contributed by atoms with Crippen LogP contribution >= 0.6 is 0 Å². The fourth-order valence-electron chi connectivity index (χ4n) is 3.48. The molecule has 9 N–H and O–H groups in total. The fraction of sp³-hybridized carbons (Fsp3) is 0.760. The molecule has 0 saturated heterocycles. The van der Waals surface area contributed by atoms with Gasteiger partial charge in [0, 0.05) is 0 Å². The topological polar surface area (TPSA) is 229 Å². The fourth-order valence-corrected chi connectivity index (χ4v) is 3.48. The van der Waals surface area contributed by atoms with Crippen molar-refractivity contribution in [3.8, 4) is 0 Å². The smallest absolute Gasteiger partial charge is 0.328 e. The number of nitrogens with two attached hydrogens (primary N) is 1. The molecule has 0 unspecified atom stereocenters. The summed E-state index contributed by atoms with van der Waals surface area (Å²) < 4.78 is 0. The van der Waals surface area contributed by atoms with Crippen molar-refractivity contribution in [2.24, 2.45) is 23.5 Å². The van der Waals surface area contributed by atoms with Crippen LogP contribution in [0.2, 0.25) is 0 Å². The molecule has 0 fully saturated rings. The second-order valence-electron chi connectivity index (χ2n) is 10.4. The van der Waals surface area contributed by atoms with Gasteiger partial charge >= 0.3 is 5.97 Å². The Bertz CT molecular complexity index is 866. The molecule has 0 saturated carbocycles. The summed E-state index contributed by atoms with van der Waals surface area (Å²) in [6, 6.07) is -5.37. The molecule has 0 aromatic heterocycles. The number of carbonyl (C=O) groups excluding carboxylic acids is 5. The molecule has 0 bridgehead atoms. The summed E-state index contributed by atoms with van der Waals surface area (Å²) in [5.41, 5.74) is 5.97. The molecule has 224 valence electrons. The zero-order valence-electron chi connectivity index (χ0n) is 23.9. The summed E-state index contributed by atoms with van der Waals surface area (Å²) in [6.07, 6.45) is 1.02. The van der Waals surface area contributed by atoms with E-state index in [2.05, 4.69) is 21.3 Å². The lowest BCUT2D eigenvalue weighted by atomic mass is 9.95. The summed E-state index contributed by atoms with van der Waals surface area (Å²) in [5, 5.41) is 30.0. The lowest BCUT2D eigenvalue weighted by Crippen LogP contribution is -2.60. The standard InChI is InChI=1S/C25H46N6O8/c1-8-14(6)20(31-22(35)16(26)9-12(2)3)24(37)30-19(13(4)5)23(36)28-15(7)21(34)27-10-18(33)29-17(11-32)25(38)39/h12-17,19-20,32H,8-11,26H2,1-7H3,(H,27,34)(H,28,36)(H,29,33)(H,30,37)(H,31,35)(H,38,39)/t14-,15-,16-,17-,19-,20-/m0/s1. The van der Waals surface area contributed by atoms with Gasteiger partial charge in [0.25, 0.3) is 0 Å². The van der Waals surface area contributed by atoms with Gasteiger partial charge in [-0.25, -0.2) is 4.79 Å². The van der Waals surface area contributed by atoms with E-state index in [1.165, 1.54) is 6.92 Å². The number of carboxylic acids is 1. The summed E-state index contributed by atoms with van der Waals surface area (Å²) in [7, 11) is 0. The summed E-state index contributed by atoms with van der Waals surface area (Å²) >= 11 is 0. The van der Waals surface area contributed by atoms with Crippen molar-refractivity contribution in [3.05, 3.63) is 0 Å². The van der Waals surface area contributed by atoms with Crippen LogP contribution in [0, 0.1) is 17.8 Å². The Balaban J connectivity index is 5.25. The average Bonchev–Trinajstić information content (AvgIpc) is 2.85. The monoisotopic (exact) mass is 558 g/mol. The van der Waals surface area contributed by atoms with Crippen LogP contribution in [0.15, 0.2) is 0 Å². The molecule has 0 aliphatic heterocycles. The van der Waals surface area contributed by atoms with E-state index in [-0.39, 0.29) is 17.8 Å². The number of rotatable bonds is 17. The van der Waals surface area contributed by atoms with Crippen molar-refractivity contribution in [1.29, 1.82) is 0 Å². The van der Waals surface area contributed by atoms with Gasteiger partial charge in [-0.3, -0.25) is 24.0 Å². The normalized spacial score (nSPS) is 15.8. The first-order chi connectivity index (χ1) is 18.0. The van der Waals surface area contributed by atoms with Crippen molar-refractivity contribution in [3.63, 3.8) is 0 Å². The third-order valence-electron chi connectivity index (χ3n) is 6.09. The number of carboxylic acid groups (broad SMARTS) is 1. The Hall–Kier alpha value is -3.26. The van der Waals surface area contributed by atoms with E-state index >= 15 is 0 Å². The van der Waals surface area contributed by atoms with Gasteiger partial charge < -0.3 is 42.5 Å². The second kappa shape index (κ2) is 17.4. The quantitative estimate of drug-likeness (QED) is 0.101. The SMILES string of the molecule is CC[C@H](C)[C@H](NC(=O)[C@@H](N)CC(C)C)C(=O)N[C@H](C(=O)N[C@@H](C)C(=O)NCC(=O)N[C@@H](CO)C(=O)O)C(C)C. The van der Waals surface area contributed by atoms with Crippen molar-refractivity contribution >= 4 is 35.5 Å². The number of carbonyl (C=O) groups is 6. The van der Waals surface area contributed by atoms with E-state index in [1.54, 1.807) is 20.8 Å². The first-order valence-corrected chi connectivity index (χ1v) is 13.1. The number of nitrogens with one attached hydrogen (secondary N) is 5. The highest BCUT2D eigenvalue weighted by Crippen LogP contribution is 2.12. The molecule has 0 spiro atoms. The molecule has 39 heavy (non-hydrogen) atoms. The van der Waals surface area contributed by atoms with Gasteiger partial charge in [0.1, 0.15) is 24.2 Å². The molecular weight excluding hydrogens is 512 g/mol. The zero-order chi connectivity index (χ0) is 30.4. The van der Waals surface area contributed by atoms with Crippen LogP contribution < -0.4 is 32.3 Å². The van der Waals surface area contributed by atoms with E-state index in [0.29, 0.717) is 12.8 Å². The minimum absolute atomic E-state index is 0.186. The van der Waals surface area contributed by atoms with Crippen LogP contribution in [0.5, 0.6) is 0 Å². The molecule has 0 radical (unpaired) electrons. The molecule has 14 nitrogen and oxygen atoms in total. The first kappa shape index (κ1) is 35.7. The maximum atomic E-state index is 13.2. The van der Waals surface area contributed by atoms with Crippen molar-refractivity contribution in [2.75, 3.05) is 13.2 Å². The van der Waals surface area contributed by atoms with E-state index in [1.807, 2.05) is 26.1 Å². The highest BCUT2D eigenvalue weighted by molar-refractivity contribution is 5.95. The highest BCUT2D eigenvalue weighted by atomic mass is 16.4. The average molecular weight is 559 g/mol. The minimum Gasteiger partial charge on any atom is -0.480 e. The van der Waals surface area contributed by atoms with Crippen LogP contribution in [-0.2, 0) is 28.8 Å². The molecule has 0 rings (SSSR count). The maximum Gasteiger partial charge on any atom is 0.328 e. The van der Waals surface area contributed by atoms with Gasteiger partial charge in [-0.05, 0) is 31.1 Å². The molecule has 0 aromatic rings. The molecule has 0 aliphatic rings. The third kappa shape index (κ3) is 12.9.